The Labute approximate surface area is 124 Å². The van der Waals surface area contributed by atoms with Crippen molar-refractivity contribution < 1.29 is 0 Å². The van der Waals surface area contributed by atoms with Gasteiger partial charge in [0.2, 0.25) is 0 Å². The SMILES string of the molecule is CCCC1CCN(C(CN)c2cncc(Br)c2)CC1. The number of piperidine rings is 1. The van der Waals surface area contributed by atoms with Gasteiger partial charge >= 0.3 is 0 Å². The predicted octanol–water partition coefficient (Wildman–Crippen LogP) is 3.36. The summed E-state index contributed by atoms with van der Waals surface area (Å²) in [4.78, 5) is 6.79. The molecular weight excluding hydrogens is 302 g/mol. The highest BCUT2D eigenvalue weighted by atomic mass is 79.9. The average molecular weight is 326 g/mol. The number of nitrogens with two attached hydrogens (primary N) is 1. The van der Waals surface area contributed by atoms with Gasteiger partial charge in [0, 0.05) is 29.5 Å². The Morgan fingerprint density at radius 1 is 1.42 bits per heavy atom. The van der Waals surface area contributed by atoms with Crippen molar-refractivity contribution in [2.45, 2.75) is 38.6 Å². The Hall–Kier alpha value is -0.450. The van der Waals surface area contributed by atoms with Gasteiger partial charge in [0.25, 0.3) is 0 Å². The van der Waals surface area contributed by atoms with Crippen LogP contribution in [0.2, 0.25) is 0 Å². The van der Waals surface area contributed by atoms with Crippen molar-refractivity contribution in [3.8, 4) is 0 Å². The first-order valence-corrected chi connectivity index (χ1v) is 8.08. The van der Waals surface area contributed by atoms with E-state index in [-0.39, 0.29) is 0 Å². The molecule has 1 saturated heterocycles. The van der Waals surface area contributed by atoms with Crippen molar-refractivity contribution in [1.29, 1.82) is 0 Å². The second-order valence-electron chi connectivity index (χ2n) is 5.46. The third-order valence-electron chi connectivity index (χ3n) is 4.12. The molecule has 2 rings (SSSR count). The molecule has 1 fully saturated rings. The summed E-state index contributed by atoms with van der Waals surface area (Å²) < 4.78 is 1.03. The van der Waals surface area contributed by atoms with E-state index in [2.05, 4.69) is 38.8 Å². The molecule has 1 aromatic rings. The number of hydrogen-bond acceptors (Lipinski definition) is 3. The molecule has 0 amide bonds. The van der Waals surface area contributed by atoms with Crippen molar-refractivity contribution in [3.05, 3.63) is 28.5 Å². The van der Waals surface area contributed by atoms with E-state index >= 15 is 0 Å². The maximum atomic E-state index is 5.99. The monoisotopic (exact) mass is 325 g/mol. The average Bonchev–Trinajstić information content (AvgIpc) is 2.42. The van der Waals surface area contributed by atoms with Gasteiger partial charge in [-0.25, -0.2) is 0 Å². The molecule has 1 aliphatic heterocycles. The number of pyridine rings is 1. The lowest BCUT2D eigenvalue weighted by Gasteiger charge is -2.37. The molecule has 1 atom stereocenters. The normalized spacial score (nSPS) is 19.5. The molecule has 4 heteroatoms. The van der Waals surface area contributed by atoms with Crippen LogP contribution in [0.25, 0.3) is 0 Å². The summed E-state index contributed by atoms with van der Waals surface area (Å²) >= 11 is 3.49. The third-order valence-corrected chi connectivity index (χ3v) is 4.55. The fraction of sp³-hybridized carbons (Fsp3) is 0.667. The number of hydrogen-bond donors (Lipinski definition) is 1. The van der Waals surface area contributed by atoms with E-state index in [9.17, 15) is 0 Å². The molecule has 0 saturated carbocycles. The molecule has 19 heavy (non-hydrogen) atoms. The van der Waals surface area contributed by atoms with Crippen LogP contribution in [0, 0.1) is 5.92 Å². The van der Waals surface area contributed by atoms with Gasteiger partial charge < -0.3 is 5.73 Å². The third kappa shape index (κ3) is 4.01. The lowest BCUT2D eigenvalue weighted by Crippen LogP contribution is -2.39. The minimum Gasteiger partial charge on any atom is -0.329 e. The maximum absolute atomic E-state index is 5.99. The molecule has 1 aromatic heterocycles. The molecule has 1 aliphatic rings. The lowest BCUT2D eigenvalue weighted by molar-refractivity contribution is 0.131. The largest absolute Gasteiger partial charge is 0.329 e. The number of likely N-dealkylation sites (tertiary alicyclic amines) is 1. The number of halogens is 1. The minimum absolute atomic E-state index is 0.313. The summed E-state index contributed by atoms with van der Waals surface area (Å²) in [7, 11) is 0. The molecule has 3 nitrogen and oxygen atoms in total. The predicted molar refractivity (Wildman–Crippen MR) is 82.9 cm³/mol. The molecule has 0 aliphatic carbocycles. The molecule has 0 aromatic carbocycles. The van der Waals surface area contributed by atoms with Gasteiger partial charge in [-0.1, -0.05) is 19.8 Å². The van der Waals surface area contributed by atoms with E-state index in [4.69, 9.17) is 5.73 Å². The zero-order valence-electron chi connectivity index (χ0n) is 11.7. The van der Waals surface area contributed by atoms with Crippen LogP contribution in [-0.4, -0.2) is 29.5 Å². The molecule has 1 unspecified atom stereocenters. The quantitative estimate of drug-likeness (QED) is 0.902. The molecule has 0 bridgehead atoms. The summed E-state index contributed by atoms with van der Waals surface area (Å²) in [5, 5.41) is 0. The fourth-order valence-corrected chi connectivity index (χ4v) is 3.45. The van der Waals surface area contributed by atoms with Crippen molar-refractivity contribution in [2.24, 2.45) is 11.7 Å². The van der Waals surface area contributed by atoms with Crippen LogP contribution < -0.4 is 5.73 Å². The number of rotatable bonds is 5. The van der Waals surface area contributed by atoms with Crippen LogP contribution in [-0.2, 0) is 0 Å². The Bertz CT molecular complexity index is 389. The van der Waals surface area contributed by atoms with Gasteiger partial charge in [-0.05, 0) is 59.4 Å². The Kier molecular flexibility index (Phi) is 5.79. The van der Waals surface area contributed by atoms with Gasteiger partial charge in [0.1, 0.15) is 0 Å². The molecule has 0 spiro atoms. The summed E-state index contributed by atoms with van der Waals surface area (Å²) in [5.74, 6) is 0.917. The summed E-state index contributed by atoms with van der Waals surface area (Å²) in [5.41, 5.74) is 7.22. The van der Waals surface area contributed by atoms with Gasteiger partial charge in [0.15, 0.2) is 0 Å². The van der Waals surface area contributed by atoms with Crippen LogP contribution >= 0.6 is 15.9 Å². The van der Waals surface area contributed by atoms with Crippen LogP contribution in [0.4, 0.5) is 0 Å². The Morgan fingerprint density at radius 2 is 2.16 bits per heavy atom. The molecule has 2 heterocycles. The van der Waals surface area contributed by atoms with E-state index in [0.29, 0.717) is 12.6 Å². The van der Waals surface area contributed by atoms with E-state index in [1.54, 1.807) is 0 Å². The lowest BCUT2D eigenvalue weighted by atomic mass is 9.91. The zero-order chi connectivity index (χ0) is 13.7. The highest BCUT2D eigenvalue weighted by Crippen LogP contribution is 2.28. The number of nitrogens with zero attached hydrogens (tertiary/aromatic N) is 2. The van der Waals surface area contributed by atoms with Gasteiger partial charge in [-0.3, -0.25) is 9.88 Å². The fourth-order valence-electron chi connectivity index (χ4n) is 3.07. The molecule has 0 radical (unpaired) electrons. The first-order chi connectivity index (χ1) is 9.24. The molecule has 106 valence electrons. The van der Waals surface area contributed by atoms with Crippen LogP contribution in [0.1, 0.15) is 44.2 Å². The van der Waals surface area contributed by atoms with Gasteiger partial charge in [0.05, 0.1) is 0 Å². The molecular formula is C15H24BrN3. The van der Waals surface area contributed by atoms with Crippen LogP contribution in [0.3, 0.4) is 0 Å². The second-order valence-corrected chi connectivity index (χ2v) is 6.37. The maximum Gasteiger partial charge on any atom is 0.0486 e. The van der Waals surface area contributed by atoms with E-state index in [1.807, 2.05) is 12.4 Å². The zero-order valence-corrected chi connectivity index (χ0v) is 13.3. The summed E-state index contributed by atoms with van der Waals surface area (Å²) in [6.45, 7) is 5.27. The van der Waals surface area contributed by atoms with Crippen molar-refractivity contribution in [1.82, 2.24) is 9.88 Å². The van der Waals surface area contributed by atoms with Crippen molar-refractivity contribution >= 4 is 15.9 Å². The Balaban J connectivity index is 1.99. The smallest absolute Gasteiger partial charge is 0.0486 e. The van der Waals surface area contributed by atoms with E-state index < -0.39 is 0 Å². The van der Waals surface area contributed by atoms with Crippen LogP contribution in [0.15, 0.2) is 22.9 Å². The Morgan fingerprint density at radius 3 is 2.74 bits per heavy atom. The first-order valence-electron chi connectivity index (χ1n) is 7.29. The molecule has 2 N–H and O–H groups in total. The van der Waals surface area contributed by atoms with Crippen molar-refractivity contribution in [2.75, 3.05) is 19.6 Å². The first kappa shape index (κ1) is 14.9. The van der Waals surface area contributed by atoms with E-state index in [0.717, 1.165) is 10.4 Å². The second kappa shape index (κ2) is 7.36. The van der Waals surface area contributed by atoms with Crippen molar-refractivity contribution in [3.63, 3.8) is 0 Å². The van der Waals surface area contributed by atoms with E-state index in [1.165, 1.54) is 44.3 Å². The minimum atomic E-state index is 0.313. The van der Waals surface area contributed by atoms with Gasteiger partial charge in [-0.2, -0.15) is 0 Å². The number of aromatic nitrogens is 1. The summed E-state index contributed by atoms with van der Waals surface area (Å²) in [6.07, 6.45) is 9.07. The highest BCUT2D eigenvalue weighted by Gasteiger charge is 2.25. The van der Waals surface area contributed by atoms with Crippen LogP contribution in [0.5, 0.6) is 0 Å². The summed E-state index contributed by atoms with van der Waals surface area (Å²) in [6, 6.07) is 2.45. The topological polar surface area (TPSA) is 42.1 Å². The van der Waals surface area contributed by atoms with Gasteiger partial charge in [-0.15, -0.1) is 0 Å². The highest BCUT2D eigenvalue weighted by molar-refractivity contribution is 9.10. The standard InChI is InChI=1S/C15H24BrN3/c1-2-3-12-4-6-19(7-5-12)15(9-17)13-8-14(16)11-18-10-13/h8,10-12,15H,2-7,9,17H2,1H3.